The first-order valence-corrected chi connectivity index (χ1v) is 9.59. The fraction of sp³-hybridized carbons (Fsp3) is 0.381. The largest absolute Gasteiger partial charge is 0.491 e. The number of rotatable bonds is 6. The molecule has 3 aromatic rings. The van der Waals surface area contributed by atoms with Gasteiger partial charge in [0.05, 0.1) is 24.9 Å². The third-order valence-corrected chi connectivity index (χ3v) is 5.33. The first-order chi connectivity index (χ1) is 13.8. The van der Waals surface area contributed by atoms with Crippen molar-refractivity contribution in [1.29, 1.82) is 5.26 Å². The lowest BCUT2D eigenvalue weighted by Crippen LogP contribution is -2.47. The number of anilines is 1. The maximum atomic E-state index is 9.12. The maximum absolute atomic E-state index is 9.12. The van der Waals surface area contributed by atoms with Gasteiger partial charge in [0.15, 0.2) is 11.6 Å². The molecule has 28 heavy (non-hydrogen) atoms. The topological polar surface area (TPSA) is 70.2 Å². The molecule has 4 rings (SSSR count). The highest BCUT2D eigenvalue weighted by Crippen LogP contribution is 2.24. The summed E-state index contributed by atoms with van der Waals surface area (Å²) in [4.78, 5) is 13.2. The number of benzene rings is 1. The van der Waals surface area contributed by atoms with Crippen molar-refractivity contribution in [3.05, 3.63) is 48.5 Å². The second-order valence-electron chi connectivity index (χ2n) is 6.99. The third-order valence-electron chi connectivity index (χ3n) is 5.33. The molecule has 0 atom stereocenters. The number of fused-ring (bicyclic) bond motifs is 1. The quantitative estimate of drug-likeness (QED) is 0.658. The van der Waals surface area contributed by atoms with Crippen LogP contribution in [0.4, 0.5) is 5.82 Å². The first-order valence-electron chi connectivity index (χ1n) is 9.59. The number of methoxy groups -OCH3 is 1. The minimum absolute atomic E-state index is 0.712. The second-order valence-corrected chi connectivity index (χ2v) is 6.99. The van der Waals surface area contributed by atoms with E-state index in [1.54, 1.807) is 19.6 Å². The number of ether oxygens (including phenoxy) is 1. The minimum Gasteiger partial charge on any atom is -0.491 e. The average Bonchev–Trinajstić information content (AvgIpc) is 3.16. The number of nitriles is 1. The van der Waals surface area contributed by atoms with Crippen LogP contribution in [0.5, 0.6) is 5.75 Å². The summed E-state index contributed by atoms with van der Waals surface area (Å²) in [5.74, 6) is 1.61. The van der Waals surface area contributed by atoms with Gasteiger partial charge < -0.3 is 14.2 Å². The lowest BCUT2D eigenvalue weighted by Gasteiger charge is -2.35. The smallest absolute Gasteiger partial charge is 0.179 e. The second kappa shape index (κ2) is 8.28. The number of aryl methyl sites for hydroxylation is 1. The lowest BCUT2D eigenvalue weighted by molar-refractivity contribution is 0.249. The zero-order valence-corrected chi connectivity index (χ0v) is 16.1. The zero-order valence-electron chi connectivity index (χ0n) is 16.1. The molecule has 0 saturated carbocycles. The number of hydrogen-bond donors (Lipinski definition) is 0. The molecule has 0 amide bonds. The Bertz CT molecular complexity index is 984. The molecule has 3 heterocycles. The van der Waals surface area contributed by atoms with E-state index in [1.165, 1.54) is 5.39 Å². The summed E-state index contributed by atoms with van der Waals surface area (Å²) < 4.78 is 7.63. The molecule has 0 N–H and O–H groups in total. The van der Waals surface area contributed by atoms with Gasteiger partial charge in [-0.25, -0.2) is 9.97 Å². The van der Waals surface area contributed by atoms with Crippen molar-refractivity contribution < 1.29 is 4.74 Å². The zero-order chi connectivity index (χ0) is 19.3. The average molecular weight is 376 g/mol. The van der Waals surface area contributed by atoms with Gasteiger partial charge in [-0.3, -0.25) is 4.90 Å². The van der Waals surface area contributed by atoms with Crippen molar-refractivity contribution in [2.75, 3.05) is 44.7 Å². The van der Waals surface area contributed by atoms with E-state index in [-0.39, 0.29) is 0 Å². The summed E-state index contributed by atoms with van der Waals surface area (Å²) in [7, 11) is 1.66. The van der Waals surface area contributed by atoms with Crippen LogP contribution in [-0.4, -0.2) is 59.3 Å². The van der Waals surface area contributed by atoms with Crippen LogP contribution < -0.4 is 9.64 Å². The Hall–Kier alpha value is -3.11. The fourth-order valence-corrected chi connectivity index (χ4v) is 3.79. The van der Waals surface area contributed by atoms with Crippen LogP contribution in [0.2, 0.25) is 0 Å². The van der Waals surface area contributed by atoms with Crippen LogP contribution in [0.15, 0.2) is 43.0 Å². The number of piperazine rings is 1. The van der Waals surface area contributed by atoms with Crippen LogP contribution >= 0.6 is 0 Å². The summed E-state index contributed by atoms with van der Waals surface area (Å²) in [6, 6.07) is 10.2. The SMILES string of the molecule is COc1cncnc1N1CCN(CCCn2ccc3ccc(C#N)cc32)CC1. The van der Waals surface area contributed by atoms with Gasteiger partial charge in [0.1, 0.15) is 6.33 Å². The Balaban J connectivity index is 1.30. The van der Waals surface area contributed by atoms with Crippen LogP contribution in [0, 0.1) is 11.3 Å². The Morgan fingerprint density at radius 2 is 2.00 bits per heavy atom. The standard InChI is InChI=1S/C21H24N6O/c1-28-20-15-23-16-24-21(20)27-11-9-25(10-12-27)6-2-7-26-8-5-18-4-3-17(14-22)13-19(18)26/h3-5,8,13,15-16H,2,6-7,9-12H2,1H3. The van der Waals surface area contributed by atoms with Crippen LogP contribution in [0.25, 0.3) is 10.9 Å². The summed E-state index contributed by atoms with van der Waals surface area (Å²) >= 11 is 0. The van der Waals surface area contributed by atoms with E-state index in [0.717, 1.165) is 62.8 Å². The van der Waals surface area contributed by atoms with Crippen molar-refractivity contribution in [3.8, 4) is 11.8 Å². The normalized spacial score (nSPS) is 14.9. The van der Waals surface area contributed by atoms with E-state index in [4.69, 9.17) is 10.00 Å². The van der Waals surface area contributed by atoms with Gasteiger partial charge in [0.25, 0.3) is 0 Å². The van der Waals surface area contributed by atoms with E-state index in [2.05, 4.69) is 42.7 Å². The molecule has 0 bridgehead atoms. The molecule has 2 aromatic heterocycles. The van der Waals surface area contributed by atoms with Crippen molar-refractivity contribution in [2.45, 2.75) is 13.0 Å². The fourth-order valence-electron chi connectivity index (χ4n) is 3.79. The predicted molar refractivity (Wildman–Crippen MR) is 109 cm³/mol. The molecule has 0 radical (unpaired) electrons. The third kappa shape index (κ3) is 3.78. The van der Waals surface area contributed by atoms with E-state index in [9.17, 15) is 0 Å². The lowest BCUT2D eigenvalue weighted by atomic mass is 10.2. The summed E-state index contributed by atoms with van der Waals surface area (Å²) in [5, 5.41) is 10.3. The molecule has 1 fully saturated rings. The van der Waals surface area contributed by atoms with E-state index in [1.807, 2.05) is 18.2 Å². The molecule has 1 aromatic carbocycles. The van der Waals surface area contributed by atoms with Crippen molar-refractivity contribution in [1.82, 2.24) is 19.4 Å². The van der Waals surface area contributed by atoms with Crippen LogP contribution in [0.1, 0.15) is 12.0 Å². The Morgan fingerprint density at radius 3 is 2.79 bits per heavy atom. The van der Waals surface area contributed by atoms with Gasteiger partial charge in [-0.1, -0.05) is 6.07 Å². The van der Waals surface area contributed by atoms with Crippen LogP contribution in [-0.2, 0) is 6.54 Å². The molecule has 1 saturated heterocycles. The highest BCUT2D eigenvalue weighted by molar-refractivity contribution is 5.81. The summed E-state index contributed by atoms with van der Waals surface area (Å²) in [5.41, 5.74) is 1.85. The van der Waals surface area contributed by atoms with Gasteiger partial charge in [-0.15, -0.1) is 0 Å². The highest BCUT2D eigenvalue weighted by Gasteiger charge is 2.20. The minimum atomic E-state index is 0.712. The van der Waals surface area contributed by atoms with Crippen molar-refractivity contribution >= 4 is 16.7 Å². The van der Waals surface area contributed by atoms with Crippen molar-refractivity contribution in [2.24, 2.45) is 0 Å². The molecular formula is C21H24N6O. The van der Waals surface area contributed by atoms with Gasteiger partial charge in [-0.05, 0) is 36.6 Å². The van der Waals surface area contributed by atoms with Crippen molar-refractivity contribution in [3.63, 3.8) is 0 Å². The van der Waals surface area contributed by atoms with E-state index >= 15 is 0 Å². The highest BCUT2D eigenvalue weighted by atomic mass is 16.5. The summed E-state index contributed by atoms with van der Waals surface area (Å²) in [6.45, 7) is 5.91. The van der Waals surface area contributed by atoms with E-state index < -0.39 is 0 Å². The van der Waals surface area contributed by atoms with E-state index in [0.29, 0.717) is 5.56 Å². The van der Waals surface area contributed by atoms with Gasteiger partial charge >= 0.3 is 0 Å². The number of hydrogen-bond acceptors (Lipinski definition) is 6. The monoisotopic (exact) mass is 376 g/mol. The molecule has 0 unspecified atom stereocenters. The first kappa shape index (κ1) is 18.3. The molecule has 0 spiro atoms. The molecule has 1 aliphatic heterocycles. The summed E-state index contributed by atoms with van der Waals surface area (Å²) in [6.07, 6.45) is 6.49. The van der Waals surface area contributed by atoms with Gasteiger partial charge in [0.2, 0.25) is 0 Å². The number of nitrogens with zero attached hydrogens (tertiary/aromatic N) is 6. The Morgan fingerprint density at radius 1 is 1.14 bits per heavy atom. The van der Waals surface area contributed by atoms with Gasteiger partial charge in [-0.2, -0.15) is 5.26 Å². The molecule has 0 aliphatic carbocycles. The molecule has 7 heteroatoms. The van der Waals surface area contributed by atoms with Crippen LogP contribution in [0.3, 0.4) is 0 Å². The Labute approximate surface area is 164 Å². The number of aromatic nitrogens is 3. The maximum Gasteiger partial charge on any atom is 0.179 e. The molecular weight excluding hydrogens is 352 g/mol. The van der Waals surface area contributed by atoms with Gasteiger partial charge in [0, 0.05) is 44.4 Å². The Kier molecular flexibility index (Phi) is 5.40. The molecule has 1 aliphatic rings. The molecule has 7 nitrogen and oxygen atoms in total. The molecule has 144 valence electrons. The predicted octanol–water partition coefficient (Wildman–Crippen LogP) is 2.52.